The average Bonchev–Trinajstić information content (AvgIpc) is 2.17. The van der Waals surface area contributed by atoms with Crippen LogP contribution in [0, 0.1) is 0 Å². The van der Waals surface area contributed by atoms with Crippen LogP contribution in [-0.4, -0.2) is 25.3 Å². The molecule has 14 heavy (non-hydrogen) atoms. The molecule has 4 heteroatoms. The summed E-state index contributed by atoms with van der Waals surface area (Å²) in [6, 6.07) is 0. The van der Waals surface area contributed by atoms with Gasteiger partial charge in [-0.25, -0.2) is 4.79 Å². The van der Waals surface area contributed by atoms with Crippen molar-refractivity contribution in [3.8, 4) is 0 Å². The summed E-state index contributed by atoms with van der Waals surface area (Å²) in [5.74, 6) is -0.373. The van der Waals surface area contributed by atoms with E-state index in [4.69, 9.17) is 14.2 Å². The molecule has 0 aliphatic rings. The Morgan fingerprint density at radius 2 is 2.14 bits per heavy atom. The molecule has 4 nitrogen and oxygen atoms in total. The van der Waals surface area contributed by atoms with Gasteiger partial charge in [0.15, 0.2) is 0 Å². The average molecular weight is 200 g/mol. The van der Waals surface area contributed by atoms with Gasteiger partial charge in [0, 0.05) is 0 Å². The molecular formula is C10H16O4. The summed E-state index contributed by atoms with van der Waals surface area (Å²) < 4.78 is 14.8. The Balaban J connectivity index is 4.78. The summed E-state index contributed by atoms with van der Waals surface area (Å²) >= 11 is 0. The SMILES string of the molecule is C=COC(C)(C(=C)OC)C(=O)OCC. The van der Waals surface area contributed by atoms with E-state index in [2.05, 4.69) is 13.2 Å². The van der Waals surface area contributed by atoms with Crippen LogP contribution in [-0.2, 0) is 19.0 Å². The zero-order chi connectivity index (χ0) is 11.2. The fourth-order valence-corrected chi connectivity index (χ4v) is 0.858. The Labute approximate surface area is 84.1 Å². The van der Waals surface area contributed by atoms with Crippen molar-refractivity contribution in [2.75, 3.05) is 13.7 Å². The molecule has 0 rings (SSSR count). The van der Waals surface area contributed by atoms with Gasteiger partial charge in [-0.3, -0.25) is 0 Å². The first kappa shape index (κ1) is 12.6. The Morgan fingerprint density at radius 3 is 2.50 bits per heavy atom. The van der Waals surface area contributed by atoms with Crippen molar-refractivity contribution in [2.45, 2.75) is 19.4 Å². The summed E-state index contributed by atoms with van der Waals surface area (Å²) in [6.45, 7) is 10.4. The third-order valence-corrected chi connectivity index (χ3v) is 1.76. The summed E-state index contributed by atoms with van der Waals surface area (Å²) in [5.41, 5.74) is -1.33. The van der Waals surface area contributed by atoms with E-state index in [0.29, 0.717) is 0 Å². The largest absolute Gasteiger partial charge is 0.497 e. The molecule has 0 aliphatic carbocycles. The Morgan fingerprint density at radius 1 is 1.57 bits per heavy atom. The molecule has 0 N–H and O–H groups in total. The molecule has 0 bridgehead atoms. The molecule has 80 valence electrons. The zero-order valence-electron chi connectivity index (χ0n) is 8.83. The Hall–Kier alpha value is -1.45. The topological polar surface area (TPSA) is 44.8 Å². The molecule has 0 aromatic carbocycles. The smallest absolute Gasteiger partial charge is 0.358 e. The summed E-state index contributed by atoms with van der Waals surface area (Å²) in [7, 11) is 1.41. The van der Waals surface area contributed by atoms with Crippen LogP contribution >= 0.6 is 0 Å². The highest BCUT2D eigenvalue weighted by Gasteiger charge is 2.40. The van der Waals surface area contributed by atoms with Crippen molar-refractivity contribution in [3.05, 3.63) is 25.2 Å². The van der Waals surface area contributed by atoms with Gasteiger partial charge < -0.3 is 14.2 Å². The number of rotatable bonds is 6. The Bertz CT molecular complexity index is 234. The quantitative estimate of drug-likeness (QED) is 0.483. The molecule has 1 unspecified atom stereocenters. The van der Waals surface area contributed by atoms with Crippen LogP contribution < -0.4 is 0 Å². The van der Waals surface area contributed by atoms with E-state index in [1.165, 1.54) is 14.0 Å². The number of ether oxygens (including phenoxy) is 3. The zero-order valence-corrected chi connectivity index (χ0v) is 8.83. The molecule has 0 amide bonds. The molecule has 0 aromatic rings. The van der Waals surface area contributed by atoms with Crippen LogP contribution in [0.25, 0.3) is 0 Å². The van der Waals surface area contributed by atoms with Crippen LogP contribution in [0.4, 0.5) is 0 Å². The molecular weight excluding hydrogens is 184 g/mol. The van der Waals surface area contributed by atoms with E-state index in [0.717, 1.165) is 6.26 Å². The van der Waals surface area contributed by atoms with Gasteiger partial charge in [0.2, 0.25) is 0 Å². The second-order valence-corrected chi connectivity index (χ2v) is 2.67. The summed E-state index contributed by atoms with van der Waals surface area (Å²) in [6.07, 6.45) is 1.15. The minimum atomic E-state index is -1.33. The number of carbonyl (C=O) groups excluding carboxylic acids is 1. The van der Waals surface area contributed by atoms with E-state index in [1.807, 2.05) is 0 Å². The fraction of sp³-hybridized carbons (Fsp3) is 0.500. The van der Waals surface area contributed by atoms with E-state index in [1.54, 1.807) is 6.92 Å². The first-order chi connectivity index (χ1) is 6.52. The standard InChI is InChI=1S/C10H16O4/c1-6-13-9(11)10(4,14-7-2)8(3)12-5/h7H,2-3,6H2,1,4-5H3. The molecule has 0 fully saturated rings. The molecule has 0 heterocycles. The van der Waals surface area contributed by atoms with Gasteiger partial charge in [-0.1, -0.05) is 13.2 Å². The predicted octanol–water partition coefficient (Wildman–Crippen LogP) is 1.63. The highest BCUT2D eigenvalue weighted by atomic mass is 16.6. The number of carbonyl (C=O) groups is 1. The van der Waals surface area contributed by atoms with Gasteiger partial charge in [-0.05, 0) is 13.8 Å². The van der Waals surface area contributed by atoms with Crippen LogP contribution in [0.15, 0.2) is 25.2 Å². The van der Waals surface area contributed by atoms with Crippen molar-refractivity contribution in [1.29, 1.82) is 0 Å². The molecule has 0 radical (unpaired) electrons. The highest BCUT2D eigenvalue weighted by molar-refractivity contribution is 5.82. The van der Waals surface area contributed by atoms with E-state index in [9.17, 15) is 4.79 Å². The molecule has 0 saturated carbocycles. The fourth-order valence-electron chi connectivity index (χ4n) is 0.858. The van der Waals surface area contributed by atoms with E-state index >= 15 is 0 Å². The molecule has 0 aliphatic heterocycles. The summed E-state index contributed by atoms with van der Waals surface area (Å²) in [5, 5.41) is 0. The lowest BCUT2D eigenvalue weighted by Gasteiger charge is -2.27. The van der Waals surface area contributed by atoms with Crippen LogP contribution in [0.1, 0.15) is 13.8 Å². The van der Waals surface area contributed by atoms with Crippen LogP contribution in [0.2, 0.25) is 0 Å². The van der Waals surface area contributed by atoms with Gasteiger partial charge in [0.1, 0.15) is 5.76 Å². The van der Waals surface area contributed by atoms with Gasteiger partial charge in [0.05, 0.1) is 20.0 Å². The molecule has 1 atom stereocenters. The van der Waals surface area contributed by atoms with Crippen molar-refractivity contribution in [1.82, 2.24) is 0 Å². The Kier molecular flexibility index (Phi) is 4.77. The maximum Gasteiger partial charge on any atom is 0.358 e. The van der Waals surface area contributed by atoms with E-state index in [-0.39, 0.29) is 12.4 Å². The second-order valence-electron chi connectivity index (χ2n) is 2.67. The number of esters is 1. The monoisotopic (exact) mass is 200 g/mol. The second kappa shape index (κ2) is 5.32. The maximum absolute atomic E-state index is 11.5. The third-order valence-electron chi connectivity index (χ3n) is 1.76. The maximum atomic E-state index is 11.5. The molecule has 0 saturated heterocycles. The lowest BCUT2D eigenvalue weighted by molar-refractivity contribution is -0.163. The van der Waals surface area contributed by atoms with Gasteiger partial charge in [-0.15, -0.1) is 0 Å². The first-order valence-electron chi connectivity index (χ1n) is 4.22. The van der Waals surface area contributed by atoms with Crippen LogP contribution in [0.5, 0.6) is 0 Å². The van der Waals surface area contributed by atoms with Gasteiger partial charge in [0.25, 0.3) is 5.60 Å². The van der Waals surface area contributed by atoms with Crippen molar-refractivity contribution in [3.63, 3.8) is 0 Å². The minimum absolute atomic E-state index is 0.177. The summed E-state index contributed by atoms with van der Waals surface area (Å²) in [4.78, 5) is 11.5. The number of hydrogen-bond donors (Lipinski definition) is 0. The van der Waals surface area contributed by atoms with Crippen molar-refractivity contribution in [2.24, 2.45) is 0 Å². The first-order valence-corrected chi connectivity index (χ1v) is 4.22. The third kappa shape index (κ3) is 2.52. The van der Waals surface area contributed by atoms with Crippen molar-refractivity contribution >= 4 is 5.97 Å². The van der Waals surface area contributed by atoms with E-state index < -0.39 is 11.6 Å². The van der Waals surface area contributed by atoms with Crippen LogP contribution in [0.3, 0.4) is 0 Å². The minimum Gasteiger partial charge on any atom is -0.497 e. The molecule has 0 aromatic heterocycles. The normalized spacial score (nSPS) is 13.6. The highest BCUT2D eigenvalue weighted by Crippen LogP contribution is 2.22. The lowest BCUT2D eigenvalue weighted by atomic mass is 10.1. The lowest BCUT2D eigenvalue weighted by Crippen LogP contribution is -2.41. The number of methoxy groups -OCH3 is 1. The predicted molar refractivity (Wildman–Crippen MR) is 52.5 cm³/mol. The number of hydrogen-bond acceptors (Lipinski definition) is 4. The van der Waals surface area contributed by atoms with Crippen molar-refractivity contribution < 1.29 is 19.0 Å². The van der Waals surface area contributed by atoms with Gasteiger partial charge >= 0.3 is 5.97 Å². The van der Waals surface area contributed by atoms with Gasteiger partial charge in [-0.2, -0.15) is 0 Å². The molecule has 0 spiro atoms.